The van der Waals surface area contributed by atoms with Crippen molar-refractivity contribution in [1.82, 2.24) is 25.4 Å². The molecule has 3 heterocycles. The molecule has 2 atom stereocenters. The molecule has 1 fully saturated rings. The van der Waals surface area contributed by atoms with Gasteiger partial charge >= 0.3 is 24.4 Å². The highest BCUT2D eigenvalue weighted by atomic mass is 19.4. The molecule has 1 aliphatic heterocycles. The second-order valence-electron chi connectivity index (χ2n) is 8.15. The molecule has 0 spiro atoms. The van der Waals surface area contributed by atoms with Crippen LogP contribution in [0.1, 0.15) is 47.6 Å². The van der Waals surface area contributed by atoms with Crippen LogP contribution < -0.4 is 5.32 Å². The van der Waals surface area contributed by atoms with Gasteiger partial charge in [0.25, 0.3) is 17.7 Å². The maximum Gasteiger partial charge on any atom is 0.463 e. The number of nitrogens with zero attached hydrogens (tertiary/aromatic N) is 4. The highest BCUT2D eigenvalue weighted by Crippen LogP contribution is 2.42. The minimum Gasteiger partial charge on any atom is -0.415 e. The number of alkyl halides is 9. The van der Waals surface area contributed by atoms with Gasteiger partial charge in [-0.1, -0.05) is 0 Å². The third-order valence-corrected chi connectivity index (χ3v) is 5.79. The Kier molecular flexibility index (Phi) is 6.15. The number of pyridine rings is 1. The first-order chi connectivity index (χ1) is 16.6. The van der Waals surface area contributed by atoms with Gasteiger partial charge in [-0.15, -0.1) is 10.2 Å². The summed E-state index contributed by atoms with van der Waals surface area (Å²) in [6, 6.07) is -3.14. The van der Waals surface area contributed by atoms with E-state index >= 15 is 0 Å². The van der Waals surface area contributed by atoms with Crippen molar-refractivity contribution in [2.24, 2.45) is 0 Å². The summed E-state index contributed by atoms with van der Waals surface area (Å²) in [6.45, 7) is -0.581. The van der Waals surface area contributed by atoms with Gasteiger partial charge in [0.05, 0.1) is 29.4 Å². The maximum absolute atomic E-state index is 14.9. The van der Waals surface area contributed by atoms with E-state index < -0.39 is 79.5 Å². The van der Waals surface area contributed by atoms with Crippen LogP contribution in [0.2, 0.25) is 0 Å². The van der Waals surface area contributed by atoms with Crippen LogP contribution in [0.3, 0.4) is 0 Å². The van der Waals surface area contributed by atoms with Gasteiger partial charge in [-0.05, 0) is 18.9 Å². The predicted octanol–water partition coefficient (Wildman–Crippen LogP) is 3.90. The third-order valence-electron chi connectivity index (χ3n) is 5.79. The summed E-state index contributed by atoms with van der Waals surface area (Å²) in [5.74, 6) is -15.0. The third kappa shape index (κ3) is 4.34. The Morgan fingerprint density at radius 1 is 1.19 bits per heavy atom. The molecule has 2 aromatic rings. The standard InChI is InChI=1S/C19H14F9N5O3/c20-12(21)14-32-31-13(36-14)7-4-8-10(29-5-7)6-33(15(8)34)11-9(2-1-3-17(11,22)23)30-16(35)18(24,25)19(26,27)28/h4-5,9,11-12H,1-3,6H2,(H,30,35)/t9-,11+/m1/s1. The molecule has 2 aromatic heterocycles. The van der Waals surface area contributed by atoms with Gasteiger partial charge < -0.3 is 14.6 Å². The number of aromatic nitrogens is 3. The van der Waals surface area contributed by atoms with E-state index in [1.165, 1.54) is 5.32 Å². The normalized spacial score (nSPS) is 22.2. The fraction of sp³-hybridized carbons (Fsp3) is 0.526. The Morgan fingerprint density at radius 2 is 1.89 bits per heavy atom. The van der Waals surface area contributed by atoms with Crippen LogP contribution in [0.15, 0.2) is 16.7 Å². The fourth-order valence-corrected chi connectivity index (χ4v) is 4.11. The Labute approximate surface area is 194 Å². The van der Waals surface area contributed by atoms with E-state index in [0.717, 1.165) is 12.3 Å². The van der Waals surface area contributed by atoms with Crippen molar-refractivity contribution in [1.29, 1.82) is 0 Å². The highest BCUT2D eigenvalue weighted by molar-refractivity contribution is 5.99. The van der Waals surface area contributed by atoms with Crippen LogP contribution in [0.25, 0.3) is 11.5 Å². The Morgan fingerprint density at radius 3 is 2.50 bits per heavy atom. The summed E-state index contributed by atoms with van der Waals surface area (Å²) in [4.78, 5) is 29.1. The molecule has 4 rings (SSSR count). The van der Waals surface area contributed by atoms with Crippen molar-refractivity contribution in [3.05, 3.63) is 29.4 Å². The Bertz CT molecular complexity index is 1180. The minimum absolute atomic E-state index is 0.0654. The van der Waals surface area contributed by atoms with E-state index in [2.05, 4.69) is 15.2 Å². The SMILES string of the molecule is O=C1c2cc(-c3nnc(C(F)F)o3)cnc2CN1[C@H]1[C@H](NC(=O)C(F)(F)C(F)(F)F)CCCC1(F)F. The van der Waals surface area contributed by atoms with E-state index in [9.17, 15) is 49.1 Å². The molecular weight excluding hydrogens is 517 g/mol. The summed E-state index contributed by atoms with van der Waals surface area (Å²) in [6.07, 6.45) is -9.86. The smallest absolute Gasteiger partial charge is 0.415 e. The van der Waals surface area contributed by atoms with E-state index in [4.69, 9.17) is 4.42 Å². The number of carbonyl (C=O) groups excluding carboxylic acids is 2. The summed E-state index contributed by atoms with van der Waals surface area (Å²) < 4.78 is 124. The van der Waals surface area contributed by atoms with Crippen LogP contribution in [0, 0.1) is 0 Å². The van der Waals surface area contributed by atoms with Crippen molar-refractivity contribution >= 4 is 11.8 Å². The van der Waals surface area contributed by atoms with Crippen LogP contribution in [-0.2, 0) is 11.3 Å². The first kappa shape index (κ1) is 25.7. The lowest BCUT2D eigenvalue weighted by atomic mass is 9.85. The zero-order valence-corrected chi connectivity index (χ0v) is 17.6. The molecule has 8 nitrogen and oxygen atoms in total. The Balaban J connectivity index is 1.62. The molecule has 2 amide bonds. The lowest BCUT2D eigenvalue weighted by Gasteiger charge is -2.43. The second-order valence-corrected chi connectivity index (χ2v) is 8.15. The largest absolute Gasteiger partial charge is 0.463 e. The van der Waals surface area contributed by atoms with Crippen molar-refractivity contribution in [3.8, 4) is 11.5 Å². The molecule has 17 heteroatoms. The van der Waals surface area contributed by atoms with Crippen molar-refractivity contribution in [2.75, 3.05) is 0 Å². The maximum atomic E-state index is 14.9. The molecule has 1 N–H and O–H groups in total. The number of hydrogen-bond acceptors (Lipinski definition) is 6. The van der Waals surface area contributed by atoms with Gasteiger partial charge in [0.2, 0.25) is 5.89 Å². The van der Waals surface area contributed by atoms with Crippen LogP contribution in [0.5, 0.6) is 0 Å². The van der Waals surface area contributed by atoms with Crippen molar-refractivity contribution < 1.29 is 53.5 Å². The van der Waals surface area contributed by atoms with E-state index in [-0.39, 0.29) is 23.2 Å². The highest BCUT2D eigenvalue weighted by Gasteiger charge is 2.64. The summed E-state index contributed by atoms with van der Waals surface area (Å²) >= 11 is 0. The predicted molar refractivity (Wildman–Crippen MR) is 97.9 cm³/mol. The monoisotopic (exact) mass is 531 g/mol. The number of carbonyl (C=O) groups is 2. The van der Waals surface area contributed by atoms with E-state index in [0.29, 0.717) is 4.90 Å². The number of hydrogen-bond donors (Lipinski definition) is 1. The molecule has 36 heavy (non-hydrogen) atoms. The summed E-state index contributed by atoms with van der Waals surface area (Å²) in [7, 11) is 0. The van der Waals surface area contributed by atoms with Gasteiger partial charge in [0.15, 0.2) is 0 Å². The zero-order valence-electron chi connectivity index (χ0n) is 17.6. The van der Waals surface area contributed by atoms with Crippen LogP contribution >= 0.6 is 0 Å². The fourth-order valence-electron chi connectivity index (χ4n) is 4.11. The van der Waals surface area contributed by atoms with Crippen LogP contribution in [0.4, 0.5) is 39.5 Å². The lowest BCUT2D eigenvalue weighted by Crippen LogP contribution is -2.64. The minimum atomic E-state index is -6.26. The number of rotatable bonds is 5. The molecule has 2 aliphatic rings. The first-order valence-electron chi connectivity index (χ1n) is 10.2. The number of fused-ring (bicyclic) bond motifs is 1. The van der Waals surface area contributed by atoms with Gasteiger partial charge in [-0.3, -0.25) is 14.6 Å². The molecule has 0 aromatic carbocycles. The van der Waals surface area contributed by atoms with Gasteiger partial charge in [0.1, 0.15) is 6.04 Å². The number of halogens is 9. The molecule has 1 saturated carbocycles. The molecular formula is C19H14F9N5O3. The van der Waals surface area contributed by atoms with Crippen LogP contribution in [-0.4, -0.2) is 62.0 Å². The average Bonchev–Trinajstić information content (AvgIpc) is 3.38. The Hall–Kier alpha value is -3.40. The number of nitrogens with one attached hydrogen (secondary N) is 1. The van der Waals surface area contributed by atoms with Crippen molar-refractivity contribution in [2.45, 2.75) is 62.3 Å². The zero-order chi connectivity index (χ0) is 26.6. The molecule has 0 bridgehead atoms. The molecule has 0 saturated heterocycles. The average molecular weight is 531 g/mol. The second kappa shape index (κ2) is 8.62. The number of amides is 2. The lowest BCUT2D eigenvalue weighted by molar-refractivity contribution is -0.270. The topological polar surface area (TPSA) is 101 Å². The molecule has 1 aliphatic carbocycles. The first-order valence-corrected chi connectivity index (χ1v) is 10.2. The van der Waals surface area contributed by atoms with Gasteiger partial charge in [0, 0.05) is 12.6 Å². The molecule has 0 unspecified atom stereocenters. The van der Waals surface area contributed by atoms with Gasteiger partial charge in [-0.25, -0.2) is 8.78 Å². The summed E-state index contributed by atoms with van der Waals surface area (Å²) in [5, 5.41) is 7.84. The van der Waals surface area contributed by atoms with Crippen molar-refractivity contribution in [3.63, 3.8) is 0 Å². The quantitative estimate of drug-likeness (QED) is 0.588. The van der Waals surface area contributed by atoms with E-state index in [1.54, 1.807) is 0 Å². The molecule has 0 radical (unpaired) electrons. The van der Waals surface area contributed by atoms with Gasteiger partial charge in [-0.2, -0.15) is 30.7 Å². The molecule has 196 valence electrons. The summed E-state index contributed by atoms with van der Waals surface area (Å²) in [5.41, 5.74) is -0.450. The van der Waals surface area contributed by atoms with E-state index in [1.807, 2.05) is 0 Å².